The van der Waals surface area contributed by atoms with Crippen LogP contribution in [0, 0.1) is 0 Å². The third-order valence-electron chi connectivity index (χ3n) is 4.07. The molecule has 5 nitrogen and oxygen atoms in total. The Labute approximate surface area is 150 Å². The molecule has 0 unspecified atom stereocenters. The van der Waals surface area contributed by atoms with Crippen molar-refractivity contribution in [2.45, 2.75) is 64.0 Å². The standard InChI is InChI=1S/C18H27N3O2.ClH/c1-17(2,3)21-15(22)13-8-7-9-14(12-13)20-16(23)18(19)10-5-4-6-11-18;/h7-9,12H,4-6,10-11,19H2,1-3H3,(H,20,23)(H,21,22);1H. The molecule has 6 heteroatoms. The SMILES string of the molecule is CC(C)(C)NC(=O)c1cccc(NC(=O)C2(N)CCCCC2)c1.Cl. The molecule has 0 bridgehead atoms. The second kappa shape index (κ2) is 7.99. The number of benzene rings is 1. The van der Waals surface area contributed by atoms with E-state index < -0.39 is 5.54 Å². The van der Waals surface area contributed by atoms with Gasteiger partial charge in [0, 0.05) is 16.8 Å². The van der Waals surface area contributed by atoms with Crippen LogP contribution in [0.3, 0.4) is 0 Å². The van der Waals surface area contributed by atoms with Crippen molar-refractivity contribution in [3.05, 3.63) is 29.8 Å². The van der Waals surface area contributed by atoms with E-state index in [-0.39, 0.29) is 29.8 Å². The first kappa shape index (κ1) is 20.5. The van der Waals surface area contributed by atoms with E-state index in [1.165, 1.54) is 0 Å². The number of anilines is 1. The number of hydrogen-bond donors (Lipinski definition) is 3. The van der Waals surface area contributed by atoms with E-state index in [2.05, 4.69) is 10.6 Å². The predicted octanol–water partition coefficient (Wildman–Crippen LogP) is 3.24. The zero-order valence-corrected chi connectivity index (χ0v) is 15.5. The Kier molecular flexibility index (Phi) is 6.81. The maximum absolute atomic E-state index is 12.5. The fourth-order valence-corrected chi connectivity index (χ4v) is 2.82. The van der Waals surface area contributed by atoms with Crippen molar-refractivity contribution in [1.29, 1.82) is 0 Å². The van der Waals surface area contributed by atoms with E-state index in [1.54, 1.807) is 24.3 Å². The summed E-state index contributed by atoms with van der Waals surface area (Å²) in [5.74, 6) is -0.320. The first-order valence-electron chi connectivity index (χ1n) is 8.23. The average molecular weight is 354 g/mol. The lowest BCUT2D eigenvalue weighted by atomic mass is 9.82. The fourth-order valence-electron chi connectivity index (χ4n) is 2.82. The number of carbonyl (C=O) groups is 2. The zero-order chi connectivity index (χ0) is 17.1. The maximum atomic E-state index is 12.5. The molecule has 0 radical (unpaired) electrons. The van der Waals surface area contributed by atoms with Crippen LogP contribution in [-0.4, -0.2) is 22.9 Å². The van der Waals surface area contributed by atoms with Gasteiger partial charge in [-0.05, 0) is 51.8 Å². The highest BCUT2D eigenvalue weighted by atomic mass is 35.5. The molecule has 0 spiro atoms. The molecule has 0 atom stereocenters. The molecule has 0 saturated heterocycles. The normalized spacial score (nSPS) is 16.7. The average Bonchev–Trinajstić information content (AvgIpc) is 2.46. The molecule has 2 amide bonds. The van der Waals surface area contributed by atoms with Crippen molar-refractivity contribution in [3.63, 3.8) is 0 Å². The van der Waals surface area contributed by atoms with Crippen LogP contribution in [0.1, 0.15) is 63.2 Å². The first-order valence-corrected chi connectivity index (χ1v) is 8.23. The smallest absolute Gasteiger partial charge is 0.251 e. The molecule has 134 valence electrons. The Balaban J connectivity index is 0.00000288. The Hall–Kier alpha value is -1.59. The van der Waals surface area contributed by atoms with Gasteiger partial charge in [-0.15, -0.1) is 12.4 Å². The second-order valence-corrected chi connectivity index (χ2v) is 7.46. The predicted molar refractivity (Wildman–Crippen MR) is 99.5 cm³/mol. The Morgan fingerprint density at radius 2 is 1.75 bits per heavy atom. The quantitative estimate of drug-likeness (QED) is 0.779. The Morgan fingerprint density at radius 3 is 2.33 bits per heavy atom. The largest absolute Gasteiger partial charge is 0.347 e. The summed E-state index contributed by atoms with van der Waals surface area (Å²) < 4.78 is 0. The number of carbonyl (C=O) groups excluding carboxylic acids is 2. The first-order chi connectivity index (χ1) is 10.7. The van der Waals surface area contributed by atoms with Crippen LogP contribution in [0.2, 0.25) is 0 Å². The minimum absolute atomic E-state index is 0. The van der Waals surface area contributed by atoms with Crippen LogP contribution < -0.4 is 16.4 Å². The molecule has 4 N–H and O–H groups in total. The zero-order valence-electron chi connectivity index (χ0n) is 14.6. The molecular formula is C18H28ClN3O2. The molecule has 1 fully saturated rings. The van der Waals surface area contributed by atoms with Gasteiger partial charge < -0.3 is 16.4 Å². The summed E-state index contributed by atoms with van der Waals surface area (Å²) in [7, 11) is 0. The number of rotatable bonds is 3. The lowest BCUT2D eigenvalue weighted by Crippen LogP contribution is -2.52. The molecular weight excluding hydrogens is 326 g/mol. The summed E-state index contributed by atoms with van der Waals surface area (Å²) >= 11 is 0. The van der Waals surface area contributed by atoms with Gasteiger partial charge in [-0.2, -0.15) is 0 Å². The number of amides is 2. The number of nitrogens with two attached hydrogens (primary N) is 1. The fraction of sp³-hybridized carbons (Fsp3) is 0.556. The number of hydrogen-bond acceptors (Lipinski definition) is 3. The van der Waals surface area contributed by atoms with Crippen LogP contribution in [0.4, 0.5) is 5.69 Å². The highest BCUT2D eigenvalue weighted by molar-refractivity contribution is 6.00. The molecule has 1 aliphatic rings. The van der Waals surface area contributed by atoms with Crippen LogP contribution >= 0.6 is 12.4 Å². The van der Waals surface area contributed by atoms with Crippen LogP contribution in [-0.2, 0) is 4.79 Å². The lowest BCUT2D eigenvalue weighted by molar-refractivity contribution is -0.122. The molecule has 24 heavy (non-hydrogen) atoms. The van der Waals surface area contributed by atoms with Crippen LogP contribution in [0.15, 0.2) is 24.3 Å². The van der Waals surface area contributed by atoms with E-state index in [0.29, 0.717) is 24.1 Å². The van der Waals surface area contributed by atoms with Gasteiger partial charge in [0.1, 0.15) is 0 Å². The molecule has 1 saturated carbocycles. The van der Waals surface area contributed by atoms with Crippen molar-refractivity contribution >= 4 is 29.9 Å². The summed E-state index contributed by atoms with van der Waals surface area (Å²) in [5, 5.41) is 5.78. The molecule has 0 heterocycles. The highest BCUT2D eigenvalue weighted by Crippen LogP contribution is 2.27. The van der Waals surface area contributed by atoms with Crippen molar-refractivity contribution < 1.29 is 9.59 Å². The number of nitrogens with one attached hydrogen (secondary N) is 2. The van der Waals surface area contributed by atoms with Gasteiger partial charge in [-0.3, -0.25) is 9.59 Å². The molecule has 1 aromatic rings. The Bertz CT molecular complexity index is 590. The highest BCUT2D eigenvalue weighted by Gasteiger charge is 2.35. The van der Waals surface area contributed by atoms with Gasteiger partial charge in [-0.1, -0.05) is 25.3 Å². The minimum Gasteiger partial charge on any atom is -0.347 e. The van der Waals surface area contributed by atoms with Crippen LogP contribution in [0.25, 0.3) is 0 Å². The lowest BCUT2D eigenvalue weighted by Gasteiger charge is -2.31. The minimum atomic E-state index is -0.790. The van der Waals surface area contributed by atoms with Gasteiger partial charge in [-0.25, -0.2) is 0 Å². The van der Waals surface area contributed by atoms with Crippen molar-refractivity contribution in [2.75, 3.05) is 5.32 Å². The van der Waals surface area contributed by atoms with Gasteiger partial charge in [0.2, 0.25) is 5.91 Å². The summed E-state index contributed by atoms with van der Waals surface area (Å²) in [6, 6.07) is 6.95. The number of halogens is 1. The monoisotopic (exact) mass is 353 g/mol. The topological polar surface area (TPSA) is 84.2 Å². The summed E-state index contributed by atoms with van der Waals surface area (Å²) in [4.78, 5) is 24.7. The van der Waals surface area contributed by atoms with E-state index in [4.69, 9.17) is 5.73 Å². The molecule has 1 aromatic carbocycles. The van der Waals surface area contributed by atoms with E-state index in [1.807, 2.05) is 20.8 Å². The van der Waals surface area contributed by atoms with Gasteiger partial charge in [0.25, 0.3) is 5.91 Å². The van der Waals surface area contributed by atoms with Crippen molar-refractivity contribution in [2.24, 2.45) is 5.73 Å². The third-order valence-corrected chi connectivity index (χ3v) is 4.07. The van der Waals surface area contributed by atoms with E-state index >= 15 is 0 Å². The molecule has 0 aliphatic heterocycles. The Morgan fingerprint density at radius 1 is 1.12 bits per heavy atom. The van der Waals surface area contributed by atoms with Gasteiger partial charge >= 0.3 is 0 Å². The van der Waals surface area contributed by atoms with Gasteiger partial charge in [0.05, 0.1) is 5.54 Å². The molecule has 2 rings (SSSR count). The van der Waals surface area contributed by atoms with Crippen molar-refractivity contribution in [3.8, 4) is 0 Å². The maximum Gasteiger partial charge on any atom is 0.251 e. The second-order valence-electron chi connectivity index (χ2n) is 7.46. The molecule has 1 aliphatic carbocycles. The third kappa shape index (κ3) is 5.49. The summed E-state index contributed by atoms with van der Waals surface area (Å²) in [6.07, 6.45) is 4.52. The summed E-state index contributed by atoms with van der Waals surface area (Å²) in [5.41, 5.74) is 6.27. The summed E-state index contributed by atoms with van der Waals surface area (Å²) in [6.45, 7) is 5.79. The van der Waals surface area contributed by atoms with Crippen molar-refractivity contribution in [1.82, 2.24) is 5.32 Å². The molecule has 0 aromatic heterocycles. The van der Waals surface area contributed by atoms with E-state index in [0.717, 1.165) is 19.3 Å². The van der Waals surface area contributed by atoms with E-state index in [9.17, 15) is 9.59 Å². The van der Waals surface area contributed by atoms with Crippen LogP contribution in [0.5, 0.6) is 0 Å². The van der Waals surface area contributed by atoms with Gasteiger partial charge in [0.15, 0.2) is 0 Å².